The number of carbonyl (C=O) groups excluding carboxylic acids is 2. The fraction of sp³-hybridized carbons (Fsp3) is 0.556. The van der Waals surface area contributed by atoms with E-state index in [0.717, 1.165) is 25.0 Å². The predicted molar refractivity (Wildman–Crippen MR) is 87.1 cm³/mol. The topological polar surface area (TPSA) is 72.6 Å². The average molecular weight is 370 g/mol. The molecule has 1 saturated carbocycles. The molecule has 2 N–H and O–H groups in total. The first-order valence-corrected chi connectivity index (χ1v) is 8.62. The lowest BCUT2D eigenvalue weighted by Gasteiger charge is -2.38. The van der Waals surface area contributed by atoms with E-state index in [9.17, 15) is 22.8 Å². The number of rotatable bonds is 3. The van der Waals surface area contributed by atoms with Crippen LogP contribution in [0, 0.1) is 0 Å². The molecular weight excluding hydrogens is 349 g/mol. The lowest BCUT2D eigenvalue weighted by Crippen LogP contribution is -2.55. The predicted octanol–water partition coefficient (Wildman–Crippen LogP) is 2.23. The van der Waals surface area contributed by atoms with Crippen LogP contribution in [-0.4, -0.2) is 42.5 Å². The Bertz CT molecular complexity index is 699. The van der Waals surface area contributed by atoms with E-state index in [4.69, 9.17) is 10.5 Å². The first kappa shape index (κ1) is 18.7. The van der Waals surface area contributed by atoms with Crippen LogP contribution in [0.4, 0.5) is 13.2 Å². The first-order chi connectivity index (χ1) is 12.2. The van der Waals surface area contributed by atoms with E-state index in [1.165, 1.54) is 11.0 Å². The number of amides is 2. The van der Waals surface area contributed by atoms with Crippen molar-refractivity contribution in [1.82, 2.24) is 4.90 Å². The summed E-state index contributed by atoms with van der Waals surface area (Å²) in [6.45, 7) is 0.510. The highest BCUT2D eigenvalue weighted by Crippen LogP contribution is 2.44. The number of primary amides is 1. The van der Waals surface area contributed by atoms with Crippen LogP contribution < -0.4 is 5.73 Å². The summed E-state index contributed by atoms with van der Waals surface area (Å²) in [4.78, 5) is 26.2. The molecule has 1 atom stereocenters. The van der Waals surface area contributed by atoms with Crippen LogP contribution in [0.3, 0.4) is 0 Å². The molecule has 1 saturated heterocycles. The minimum Gasteiger partial charge on any atom is -0.367 e. The maximum Gasteiger partial charge on any atom is 0.416 e. The van der Waals surface area contributed by atoms with E-state index in [1.54, 1.807) is 6.07 Å². The molecule has 0 aromatic heterocycles. The number of carbonyl (C=O) groups is 2. The fourth-order valence-electron chi connectivity index (χ4n) is 3.91. The average Bonchev–Trinajstić information content (AvgIpc) is 3.11. The van der Waals surface area contributed by atoms with E-state index in [2.05, 4.69) is 0 Å². The minimum absolute atomic E-state index is 0.0366. The van der Waals surface area contributed by atoms with Gasteiger partial charge in [-0.05, 0) is 24.5 Å². The van der Waals surface area contributed by atoms with Gasteiger partial charge in [-0.15, -0.1) is 0 Å². The number of hydrogen-bond donors (Lipinski definition) is 1. The van der Waals surface area contributed by atoms with Crippen molar-refractivity contribution in [2.75, 3.05) is 19.7 Å². The maximum absolute atomic E-state index is 13.3. The smallest absolute Gasteiger partial charge is 0.367 e. The third kappa shape index (κ3) is 3.42. The largest absolute Gasteiger partial charge is 0.416 e. The monoisotopic (exact) mass is 370 g/mol. The number of nitrogens with zero attached hydrogens (tertiary/aromatic N) is 1. The molecule has 26 heavy (non-hydrogen) atoms. The highest BCUT2D eigenvalue weighted by molar-refractivity contribution is 5.89. The minimum atomic E-state index is -4.46. The lowest BCUT2D eigenvalue weighted by atomic mass is 9.76. The molecule has 3 rings (SSSR count). The van der Waals surface area contributed by atoms with Gasteiger partial charge in [-0.3, -0.25) is 9.59 Å². The van der Waals surface area contributed by atoms with Crippen molar-refractivity contribution in [3.05, 3.63) is 35.4 Å². The van der Waals surface area contributed by atoms with Crippen molar-refractivity contribution in [2.45, 2.75) is 43.4 Å². The summed E-state index contributed by atoms with van der Waals surface area (Å²) < 4.78 is 44.6. The Balaban J connectivity index is 1.93. The van der Waals surface area contributed by atoms with Gasteiger partial charge in [0.25, 0.3) is 0 Å². The van der Waals surface area contributed by atoms with Gasteiger partial charge >= 0.3 is 6.18 Å². The van der Waals surface area contributed by atoms with E-state index >= 15 is 0 Å². The molecule has 0 spiro atoms. The normalized spacial score (nSPS) is 23.0. The van der Waals surface area contributed by atoms with Crippen LogP contribution in [0.2, 0.25) is 0 Å². The number of alkyl halides is 3. The molecule has 2 aliphatic rings. The van der Waals surface area contributed by atoms with Crippen LogP contribution >= 0.6 is 0 Å². The fourth-order valence-corrected chi connectivity index (χ4v) is 3.91. The summed E-state index contributed by atoms with van der Waals surface area (Å²) >= 11 is 0. The van der Waals surface area contributed by atoms with Gasteiger partial charge in [0.15, 0.2) is 6.10 Å². The van der Waals surface area contributed by atoms with Crippen LogP contribution in [0.1, 0.15) is 36.8 Å². The van der Waals surface area contributed by atoms with Crippen LogP contribution in [0.5, 0.6) is 0 Å². The third-order valence-electron chi connectivity index (χ3n) is 5.28. The molecule has 2 fully saturated rings. The van der Waals surface area contributed by atoms with Gasteiger partial charge in [-0.1, -0.05) is 31.0 Å². The first-order valence-electron chi connectivity index (χ1n) is 8.62. The second kappa shape index (κ2) is 6.90. The molecule has 5 nitrogen and oxygen atoms in total. The second-order valence-electron chi connectivity index (χ2n) is 6.88. The molecule has 1 aliphatic heterocycles. The molecule has 0 unspecified atom stereocenters. The van der Waals surface area contributed by atoms with Crippen molar-refractivity contribution < 1.29 is 27.5 Å². The number of hydrogen-bond acceptors (Lipinski definition) is 3. The molecule has 142 valence electrons. The Kier molecular flexibility index (Phi) is 4.96. The molecule has 0 bridgehead atoms. The van der Waals surface area contributed by atoms with E-state index in [1.807, 2.05) is 0 Å². The molecule has 2 amide bonds. The van der Waals surface area contributed by atoms with Gasteiger partial charge in [0.2, 0.25) is 11.8 Å². The maximum atomic E-state index is 13.3. The van der Waals surface area contributed by atoms with E-state index < -0.39 is 29.2 Å². The molecule has 1 aromatic rings. The molecule has 1 aromatic carbocycles. The SMILES string of the molecule is NC(=O)[C@H]1CN(C(=O)C2(c3cccc(C(F)(F)F)c3)CCCC2)CCO1. The number of ether oxygens (including phenoxy) is 1. The summed E-state index contributed by atoms with van der Waals surface area (Å²) in [6.07, 6.45) is -2.82. The van der Waals surface area contributed by atoms with Gasteiger partial charge < -0.3 is 15.4 Å². The van der Waals surface area contributed by atoms with Crippen LogP contribution in [-0.2, 0) is 25.9 Å². The Labute approximate surface area is 149 Å². The van der Waals surface area contributed by atoms with Crippen molar-refractivity contribution in [3.8, 4) is 0 Å². The van der Waals surface area contributed by atoms with Gasteiger partial charge in [0, 0.05) is 6.54 Å². The van der Waals surface area contributed by atoms with Crippen molar-refractivity contribution >= 4 is 11.8 Å². The summed E-state index contributed by atoms with van der Waals surface area (Å²) in [7, 11) is 0. The summed E-state index contributed by atoms with van der Waals surface area (Å²) in [6, 6.07) is 5.02. The Morgan fingerprint density at radius 2 is 1.92 bits per heavy atom. The Morgan fingerprint density at radius 3 is 2.54 bits per heavy atom. The highest BCUT2D eigenvalue weighted by Gasteiger charge is 2.47. The van der Waals surface area contributed by atoms with Crippen molar-refractivity contribution in [1.29, 1.82) is 0 Å². The quantitative estimate of drug-likeness (QED) is 0.887. The number of nitrogens with two attached hydrogens (primary N) is 1. The zero-order valence-electron chi connectivity index (χ0n) is 14.2. The van der Waals surface area contributed by atoms with E-state index in [0.29, 0.717) is 24.9 Å². The lowest BCUT2D eigenvalue weighted by molar-refractivity contribution is -0.150. The van der Waals surface area contributed by atoms with Crippen LogP contribution in [0.15, 0.2) is 24.3 Å². The van der Waals surface area contributed by atoms with Gasteiger partial charge in [0.05, 0.1) is 24.1 Å². The van der Waals surface area contributed by atoms with Gasteiger partial charge in [-0.2, -0.15) is 13.2 Å². The molecule has 8 heteroatoms. The van der Waals surface area contributed by atoms with Crippen molar-refractivity contribution in [2.24, 2.45) is 5.73 Å². The molecule has 1 aliphatic carbocycles. The van der Waals surface area contributed by atoms with Gasteiger partial charge in [0.1, 0.15) is 0 Å². The summed E-state index contributed by atoms with van der Waals surface area (Å²) in [5, 5.41) is 0. The van der Waals surface area contributed by atoms with Gasteiger partial charge in [-0.25, -0.2) is 0 Å². The zero-order valence-corrected chi connectivity index (χ0v) is 14.2. The van der Waals surface area contributed by atoms with Crippen molar-refractivity contribution in [3.63, 3.8) is 0 Å². The Morgan fingerprint density at radius 1 is 1.23 bits per heavy atom. The number of benzene rings is 1. The number of halogens is 3. The Hall–Kier alpha value is -2.09. The van der Waals surface area contributed by atoms with E-state index in [-0.39, 0.29) is 19.1 Å². The third-order valence-corrected chi connectivity index (χ3v) is 5.28. The second-order valence-corrected chi connectivity index (χ2v) is 6.88. The molecule has 0 radical (unpaired) electrons. The molecular formula is C18H21F3N2O3. The highest BCUT2D eigenvalue weighted by atomic mass is 19.4. The summed E-state index contributed by atoms with van der Waals surface area (Å²) in [5.74, 6) is -0.897. The number of morpholine rings is 1. The zero-order chi connectivity index (χ0) is 18.9. The molecule has 1 heterocycles. The summed E-state index contributed by atoms with van der Waals surface area (Å²) in [5.41, 5.74) is 3.91. The standard InChI is InChI=1S/C18H21F3N2O3/c19-18(20,21)13-5-3-4-12(10-13)17(6-1-2-7-17)16(25)23-8-9-26-14(11-23)15(22)24/h3-5,10,14H,1-2,6-9,11H2,(H2,22,24)/t14-/m1/s1. The van der Waals surface area contributed by atoms with Crippen LogP contribution in [0.25, 0.3) is 0 Å².